The number of Topliss-reactive ketones (excluding diaryl/α,β-unsaturated/α-hetero) is 1. The summed E-state index contributed by atoms with van der Waals surface area (Å²) in [6.07, 6.45) is 2.09. The van der Waals surface area contributed by atoms with E-state index in [0.29, 0.717) is 11.3 Å². The van der Waals surface area contributed by atoms with Crippen LogP contribution in [0, 0.1) is 0 Å². The molecule has 16 heavy (non-hydrogen) atoms. The topological polar surface area (TPSA) is 46.7 Å². The summed E-state index contributed by atoms with van der Waals surface area (Å²) >= 11 is 0. The predicted octanol–water partition coefficient (Wildman–Crippen LogP) is 1.64. The summed E-state index contributed by atoms with van der Waals surface area (Å²) in [4.78, 5) is 11.5. The maximum absolute atomic E-state index is 12.3. The van der Waals surface area contributed by atoms with Gasteiger partial charge >= 0.3 is 0 Å². The first-order valence-corrected chi connectivity index (χ1v) is 6.58. The van der Waals surface area contributed by atoms with Crippen LogP contribution in [-0.2, 0) is 20.3 Å². The van der Waals surface area contributed by atoms with Gasteiger partial charge in [0.15, 0.2) is 5.78 Å². The largest absolute Gasteiger partial charge is 0.344 e. The van der Waals surface area contributed by atoms with Crippen molar-refractivity contribution in [1.29, 1.82) is 0 Å². The Labute approximate surface area is 96.3 Å². The van der Waals surface area contributed by atoms with Gasteiger partial charge in [-0.2, -0.15) is 0 Å². The Hall–Kier alpha value is -1.00. The lowest BCUT2D eigenvalue weighted by atomic mass is 9.99. The summed E-state index contributed by atoms with van der Waals surface area (Å²) in [5.74, 6) is 0.00550. The van der Waals surface area contributed by atoms with Crippen LogP contribution in [0.25, 0.3) is 0 Å². The van der Waals surface area contributed by atoms with Gasteiger partial charge in [-0.25, -0.2) is 0 Å². The number of carbonyl (C=O) groups is 1. The van der Waals surface area contributed by atoms with Gasteiger partial charge in [0.25, 0.3) is 0 Å². The van der Waals surface area contributed by atoms with E-state index in [9.17, 15) is 9.00 Å². The molecule has 0 unspecified atom stereocenters. The summed E-state index contributed by atoms with van der Waals surface area (Å²) in [6.45, 7) is 0. The van der Waals surface area contributed by atoms with E-state index < -0.39 is 15.7 Å². The zero-order valence-corrected chi connectivity index (χ0v) is 9.53. The number of rotatable bonds is 2. The normalized spacial score (nSPS) is 34.2. The average molecular weight is 236 g/mol. The number of benzene rings is 1. The minimum Gasteiger partial charge on any atom is -0.344 e. The molecule has 2 fully saturated rings. The lowest BCUT2D eigenvalue weighted by molar-refractivity contribution is -0.121. The molecule has 4 heteroatoms. The van der Waals surface area contributed by atoms with E-state index in [1.54, 1.807) is 12.1 Å². The molecule has 1 heterocycles. The van der Waals surface area contributed by atoms with Crippen molar-refractivity contribution in [3.63, 3.8) is 0 Å². The molecule has 0 bridgehead atoms. The molecule has 1 aliphatic carbocycles. The van der Waals surface area contributed by atoms with Crippen LogP contribution >= 0.6 is 0 Å². The van der Waals surface area contributed by atoms with E-state index in [0.717, 1.165) is 12.8 Å². The van der Waals surface area contributed by atoms with Crippen molar-refractivity contribution in [3.8, 4) is 0 Å². The number of carbonyl (C=O) groups excluding carboxylic acids is 1. The first-order chi connectivity index (χ1) is 7.75. The van der Waals surface area contributed by atoms with Gasteiger partial charge < -0.3 is 4.74 Å². The SMILES string of the molecule is O=C1CCC[C@@H]2O[C@]12[S@@](=O)c1ccccc1. The van der Waals surface area contributed by atoms with Crippen LogP contribution < -0.4 is 0 Å². The van der Waals surface area contributed by atoms with Crippen molar-refractivity contribution in [3.05, 3.63) is 30.3 Å². The van der Waals surface area contributed by atoms with Crippen LogP contribution in [0.5, 0.6) is 0 Å². The third-order valence-corrected chi connectivity index (χ3v) is 5.01. The molecule has 1 saturated carbocycles. The van der Waals surface area contributed by atoms with E-state index in [2.05, 4.69) is 0 Å². The molecule has 84 valence electrons. The van der Waals surface area contributed by atoms with E-state index >= 15 is 0 Å². The summed E-state index contributed by atoms with van der Waals surface area (Å²) < 4.78 is 17.8. The molecular weight excluding hydrogens is 224 g/mol. The highest BCUT2D eigenvalue weighted by Gasteiger charge is 2.68. The summed E-state index contributed by atoms with van der Waals surface area (Å²) in [5.41, 5.74) is 0. The summed E-state index contributed by atoms with van der Waals surface area (Å²) in [6, 6.07) is 9.09. The van der Waals surface area contributed by atoms with Crippen LogP contribution in [0.1, 0.15) is 19.3 Å². The Morgan fingerprint density at radius 1 is 1.31 bits per heavy atom. The Balaban J connectivity index is 1.94. The van der Waals surface area contributed by atoms with Crippen molar-refractivity contribution in [2.24, 2.45) is 0 Å². The number of hydrogen-bond acceptors (Lipinski definition) is 3. The van der Waals surface area contributed by atoms with Crippen molar-refractivity contribution in [2.75, 3.05) is 0 Å². The first kappa shape index (κ1) is 10.2. The second-order valence-corrected chi connectivity index (χ2v) is 5.79. The lowest BCUT2D eigenvalue weighted by Gasteiger charge is -2.15. The van der Waals surface area contributed by atoms with Gasteiger partial charge in [-0.1, -0.05) is 18.2 Å². The second kappa shape index (κ2) is 3.50. The molecule has 0 aromatic heterocycles. The smallest absolute Gasteiger partial charge is 0.232 e. The monoisotopic (exact) mass is 236 g/mol. The van der Waals surface area contributed by atoms with Crippen LogP contribution in [0.15, 0.2) is 35.2 Å². The molecular formula is C12H12O3S. The standard InChI is InChI=1S/C12H12O3S/c13-10-7-4-8-11-12(10,15-11)16(14)9-5-2-1-3-6-9/h1-3,5-6,11H,4,7-8H2/t11-,12-,16-/m0/s1. The first-order valence-electron chi connectivity index (χ1n) is 5.43. The van der Waals surface area contributed by atoms with Gasteiger partial charge in [-0.3, -0.25) is 9.00 Å². The number of ether oxygens (including phenoxy) is 1. The molecule has 1 saturated heterocycles. The van der Waals surface area contributed by atoms with Gasteiger partial charge in [-0.15, -0.1) is 0 Å². The van der Waals surface area contributed by atoms with Crippen LogP contribution in [0.4, 0.5) is 0 Å². The minimum atomic E-state index is -1.36. The van der Waals surface area contributed by atoms with Gasteiger partial charge in [0.2, 0.25) is 4.93 Å². The molecule has 1 aromatic carbocycles. The van der Waals surface area contributed by atoms with Gasteiger partial charge in [0.1, 0.15) is 6.10 Å². The van der Waals surface area contributed by atoms with Crippen LogP contribution in [0.2, 0.25) is 0 Å². The van der Waals surface area contributed by atoms with E-state index in [1.165, 1.54) is 0 Å². The highest BCUT2D eigenvalue weighted by Crippen LogP contribution is 2.49. The molecule has 2 aliphatic rings. The third-order valence-electron chi connectivity index (χ3n) is 3.18. The van der Waals surface area contributed by atoms with Crippen molar-refractivity contribution in [1.82, 2.24) is 0 Å². The fourth-order valence-electron chi connectivity index (χ4n) is 2.28. The Morgan fingerprint density at radius 2 is 2.06 bits per heavy atom. The molecule has 1 aromatic rings. The molecule has 0 radical (unpaired) electrons. The quantitative estimate of drug-likeness (QED) is 0.733. The Bertz CT molecular complexity index is 457. The fraction of sp³-hybridized carbons (Fsp3) is 0.417. The molecule has 3 nitrogen and oxygen atoms in total. The molecule has 0 N–H and O–H groups in total. The average Bonchev–Trinajstić information content (AvgIpc) is 3.06. The zero-order chi connectivity index (χ0) is 11.2. The predicted molar refractivity (Wildman–Crippen MR) is 59.3 cm³/mol. The van der Waals surface area contributed by atoms with Crippen molar-refractivity contribution >= 4 is 16.6 Å². The highest BCUT2D eigenvalue weighted by molar-refractivity contribution is 7.87. The van der Waals surface area contributed by atoms with Gasteiger partial charge in [0.05, 0.1) is 10.8 Å². The number of ketones is 1. The second-order valence-electron chi connectivity index (χ2n) is 4.17. The maximum atomic E-state index is 12.3. The summed E-state index contributed by atoms with van der Waals surface area (Å²) in [5, 5.41) is 0. The number of hydrogen-bond donors (Lipinski definition) is 0. The van der Waals surface area contributed by atoms with E-state index in [-0.39, 0.29) is 11.9 Å². The van der Waals surface area contributed by atoms with Crippen molar-refractivity contribution < 1.29 is 13.7 Å². The highest BCUT2D eigenvalue weighted by atomic mass is 32.2. The third kappa shape index (κ3) is 1.30. The molecule has 3 rings (SSSR count). The number of fused-ring (bicyclic) bond motifs is 1. The van der Waals surface area contributed by atoms with E-state index in [1.807, 2.05) is 18.2 Å². The van der Waals surface area contributed by atoms with E-state index in [4.69, 9.17) is 4.74 Å². The van der Waals surface area contributed by atoms with Gasteiger partial charge in [-0.05, 0) is 25.0 Å². The lowest BCUT2D eigenvalue weighted by Crippen LogP contribution is -2.35. The molecule has 0 amide bonds. The maximum Gasteiger partial charge on any atom is 0.232 e. The number of epoxide rings is 1. The molecule has 0 spiro atoms. The van der Waals surface area contributed by atoms with Crippen molar-refractivity contribution in [2.45, 2.75) is 35.2 Å². The van der Waals surface area contributed by atoms with Crippen LogP contribution in [0.3, 0.4) is 0 Å². The van der Waals surface area contributed by atoms with Crippen LogP contribution in [-0.4, -0.2) is 21.0 Å². The fourth-order valence-corrected chi connectivity index (χ4v) is 3.90. The minimum absolute atomic E-state index is 0.00550. The summed E-state index contributed by atoms with van der Waals surface area (Å²) in [7, 11) is -1.36. The Morgan fingerprint density at radius 3 is 2.75 bits per heavy atom. The van der Waals surface area contributed by atoms with Gasteiger partial charge in [0, 0.05) is 11.3 Å². The molecule has 3 atom stereocenters. The molecule has 1 aliphatic heterocycles. The zero-order valence-electron chi connectivity index (χ0n) is 8.72. The Kier molecular flexibility index (Phi) is 2.23.